The van der Waals surface area contributed by atoms with Gasteiger partial charge in [0.15, 0.2) is 0 Å². The number of hydrogen-bond donors (Lipinski definition) is 0. The van der Waals surface area contributed by atoms with Crippen LogP contribution in [0.5, 0.6) is 0 Å². The summed E-state index contributed by atoms with van der Waals surface area (Å²) >= 11 is 0. The van der Waals surface area contributed by atoms with E-state index < -0.39 is 0 Å². The summed E-state index contributed by atoms with van der Waals surface area (Å²) in [5, 5.41) is 0. The summed E-state index contributed by atoms with van der Waals surface area (Å²) in [6.07, 6.45) is 3.53. The first-order valence-electron chi connectivity index (χ1n) is 24.9. The molecule has 5 heterocycles. The number of nitrogens with zero attached hydrogens (tertiary/aromatic N) is 2. The summed E-state index contributed by atoms with van der Waals surface area (Å²) < 4.78 is 0. The molecule has 0 radical (unpaired) electrons. The van der Waals surface area contributed by atoms with Gasteiger partial charge in [0.1, 0.15) is 11.4 Å². The molecule has 0 spiro atoms. The van der Waals surface area contributed by atoms with Gasteiger partial charge in [-0.3, -0.25) is 0 Å². The van der Waals surface area contributed by atoms with Crippen molar-refractivity contribution in [2.24, 2.45) is 43.3 Å². The highest BCUT2D eigenvalue weighted by Crippen LogP contribution is 2.33. The van der Waals surface area contributed by atoms with Gasteiger partial charge in [-0.1, -0.05) is 225 Å². The largest absolute Gasteiger partial charge is 0.246 e. The second-order valence-corrected chi connectivity index (χ2v) is 26.4. The quantitative estimate of drug-likeness (QED) is 0.194. The summed E-state index contributed by atoms with van der Waals surface area (Å²) in [5.74, 6) is 52.9. The van der Waals surface area contributed by atoms with Gasteiger partial charge in [-0.15, -0.1) is 0 Å². The van der Waals surface area contributed by atoms with E-state index in [0.29, 0.717) is 11.4 Å². The van der Waals surface area contributed by atoms with Crippen LogP contribution in [0.3, 0.4) is 0 Å². The van der Waals surface area contributed by atoms with Crippen molar-refractivity contribution in [1.82, 2.24) is 9.97 Å². The van der Waals surface area contributed by atoms with Crippen LogP contribution in [-0.4, -0.2) is 9.97 Å². The Bertz CT molecular complexity index is 2800. The smallest absolute Gasteiger partial charge is 0.113 e. The van der Waals surface area contributed by atoms with E-state index in [2.05, 4.69) is 284 Å². The van der Waals surface area contributed by atoms with Crippen molar-refractivity contribution in [2.45, 2.75) is 166 Å². The predicted octanol–water partition coefficient (Wildman–Crippen LogP) is 15.8. The van der Waals surface area contributed by atoms with Gasteiger partial charge < -0.3 is 0 Å². The van der Waals surface area contributed by atoms with Crippen LogP contribution in [0.1, 0.15) is 189 Å². The first kappa shape index (κ1) is 59.2. The van der Waals surface area contributed by atoms with Crippen molar-refractivity contribution in [2.75, 3.05) is 0 Å². The van der Waals surface area contributed by atoms with Crippen molar-refractivity contribution in [3.05, 3.63) is 127 Å². The van der Waals surface area contributed by atoms with Gasteiger partial charge in [0.25, 0.3) is 0 Å². The van der Waals surface area contributed by atoms with Crippen molar-refractivity contribution in [3.63, 3.8) is 0 Å². The maximum absolute atomic E-state index is 4.70. The van der Waals surface area contributed by atoms with E-state index in [1.54, 1.807) is 12.4 Å². The maximum atomic E-state index is 4.70. The number of aromatic nitrogens is 2. The molecule has 0 aromatic carbocycles. The van der Waals surface area contributed by atoms with Crippen molar-refractivity contribution < 1.29 is 0 Å². The Kier molecular flexibility index (Phi) is 18.9. The van der Waals surface area contributed by atoms with Crippen LogP contribution < -0.4 is 0 Å². The van der Waals surface area contributed by atoms with Crippen LogP contribution in [0.25, 0.3) is 0 Å². The maximum Gasteiger partial charge on any atom is 0.113 e. The van der Waals surface area contributed by atoms with Crippen LogP contribution >= 0.6 is 0 Å². The van der Waals surface area contributed by atoms with Gasteiger partial charge in [0.2, 0.25) is 0 Å². The van der Waals surface area contributed by atoms with Gasteiger partial charge in [0, 0.05) is 66.8 Å². The van der Waals surface area contributed by atoms with Gasteiger partial charge >= 0.3 is 0 Å². The molecular formula is C70H78N2. The van der Waals surface area contributed by atoms with Crippen molar-refractivity contribution in [1.29, 1.82) is 0 Å². The standard InChI is InChI=1S/C70H78N2/c1-63(2,3)53-29-25-26-30-54(64(4,5)6)46-58(68(16,17)18)38-34-52-36-42-62(72-50-52)44-40-60(70(22,23)24)48-56(66(10,11)12)32-28-27-31-55(65(7,8)9)47-59(69(19,20)21)39-43-61-41-35-51(49-71-61)33-37-57(45-53)67(13,14)15/h35-36,41-42,49-50H,1-24H3. The monoisotopic (exact) mass is 947 g/mol. The number of hydrogen-bond acceptors (Lipinski definition) is 2. The molecule has 4 aliphatic rings. The molecule has 0 unspecified atom stereocenters. The molecule has 0 saturated heterocycles. The van der Waals surface area contributed by atoms with Crippen LogP contribution in [0.15, 0.2) is 104 Å². The topological polar surface area (TPSA) is 25.8 Å². The molecular weight excluding hydrogens is 869 g/mol. The zero-order valence-corrected chi connectivity index (χ0v) is 48.4. The van der Waals surface area contributed by atoms with E-state index in [0.717, 1.165) is 55.7 Å². The fourth-order valence-electron chi connectivity index (χ4n) is 5.73. The molecule has 0 amide bonds. The van der Waals surface area contributed by atoms with Crippen LogP contribution in [0, 0.1) is 138 Å². The van der Waals surface area contributed by atoms with E-state index >= 15 is 0 Å². The normalized spacial score (nSPS) is 14.4. The molecule has 0 atom stereocenters. The first-order valence-corrected chi connectivity index (χ1v) is 24.9. The summed E-state index contributed by atoms with van der Waals surface area (Å²) in [5.41, 5.74) is 21.3. The minimum atomic E-state index is -0.320. The highest BCUT2D eigenvalue weighted by atomic mass is 14.7. The van der Waals surface area contributed by atoms with Crippen LogP contribution in [0.2, 0.25) is 0 Å². The Labute approximate surface area is 438 Å². The zero-order valence-electron chi connectivity index (χ0n) is 48.4. The number of rotatable bonds is 0. The lowest BCUT2D eigenvalue weighted by Gasteiger charge is -2.20. The lowest BCUT2D eigenvalue weighted by Crippen LogP contribution is -2.11. The molecule has 3 aliphatic heterocycles. The van der Waals surface area contributed by atoms with E-state index in [1.807, 2.05) is 24.3 Å². The summed E-state index contributed by atoms with van der Waals surface area (Å²) in [7, 11) is 0. The van der Waals surface area contributed by atoms with Crippen LogP contribution in [-0.2, 0) is 0 Å². The van der Waals surface area contributed by atoms with Gasteiger partial charge in [-0.25, -0.2) is 9.97 Å². The number of allylic oxidation sites excluding steroid dienone is 4. The lowest BCUT2D eigenvalue weighted by atomic mass is 9.82. The van der Waals surface area contributed by atoms with Crippen molar-refractivity contribution in [3.8, 4) is 94.7 Å². The molecule has 2 aromatic rings. The Morgan fingerprint density at radius 3 is 0.611 bits per heavy atom. The third-order valence-corrected chi connectivity index (χ3v) is 10.7. The highest BCUT2D eigenvalue weighted by molar-refractivity contribution is 5.52. The average molecular weight is 947 g/mol. The molecule has 0 saturated carbocycles. The van der Waals surface area contributed by atoms with Crippen molar-refractivity contribution >= 4 is 0 Å². The van der Waals surface area contributed by atoms with Gasteiger partial charge in [0.05, 0.1) is 44.6 Å². The number of pyridine rings is 2. The Balaban J connectivity index is 2.57. The lowest BCUT2D eigenvalue weighted by molar-refractivity contribution is 0.508. The summed E-state index contributed by atoms with van der Waals surface area (Å²) in [6.45, 7) is 51.1. The predicted molar refractivity (Wildman–Crippen MR) is 305 cm³/mol. The Hall–Kier alpha value is -7.14. The van der Waals surface area contributed by atoms with Gasteiger partial charge in [-0.05, 0) is 83.5 Å². The Morgan fingerprint density at radius 1 is 0.236 bits per heavy atom. The zero-order chi connectivity index (χ0) is 54.7. The molecule has 4 bridgehead atoms. The molecule has 0 N–H and O–H groups in total. The van der Waals surface area contributed by atoms with E-state index in [1.165, 1.54) is 0 Å². The molecule has 2 nitrogen and oxygen atoms in total. The molecule has 2 heteroatoms. The average Bonchev–Trinajstić information content (AvgIpc) is 3.20. The molecule has 0 fully saturated rings. The Morgan fingerprint density at radius 2 is 0.431 bits per heavy atom. The second-order valence-electron chi connectivity index (χ2n) is 26.4. The van der Waals surface area contributed by atoms with E-state index in [4.69, 9.17) is 9.97 Å². The van der Waals surface area contributed by atoms with E-state index in [-0.39, 0.29) is 43.3 Å². The van der Waals surface area contributed by atoms with E-state index in [9.17, 15) is 0 Å². The first-order chi connectivity index (χ1) is 32.7. The fourth-order valence-corrected chi connectivity index (χ4v) is 5.73. The summed E-state index contributed by atoms with van der Waals surface area (Å²) in [6, 6.07) is 7.72. The third-order valence-electron chi connectivity index (χ3n) is 10.7. The summed E-state index contributed by atoms with van der Waals surface area (Å²) in [4.78, 5) is 9.40. The molecule has 6 rings (SSSR count). The highest BCUT2D eigenvalue weighted by Gasteiger charge is 2.24. The minimum Gasteiger partial charge on any atom is -0.246 e. The fraction of sp³-hybridized carbons (Fsp3) is 0.457. The SMILES string of the molecule is CC(C)(C)C1=C=C(C(C)(C)C)C#Cc2ccc(nc2)C#CC(C(C)(C)C)=C=C(C(C)(C)C)C#CC#CC(C(C)(C)C)=C=C(C(C)(C)C)C#Cc2ccc(cn2)C#CC(C(C)(C)C)=C=C(C(C)(C)C)C#CC#C1. The third kappa shape index (κ3) is 19.6. The molecule has 2 aromatic heterocycles. The molecule has 72 heavy (non-hydrogen) atoms. The van der Waals surface area contributed by atoms with Crippen LogP contribution in [0.4, 0.5) is 0 Å². The molecule has 1 aliphatic carbocycles. The second kappa shape index (κ2) is 22.9. The minimum absolute atomic E-state index is 0.306. The van der Waals surface area contributed by atoms with Gasteiger partial charge in [-0.2, -0.15) is 0 Å². The molecule has 368 valence electrons.